The van der Waals surface area contributed by atoms with E-state index in [0.29, 0.717) is 10.6 Å². The molecule has 1 aromatic heterocycles. The highest BCUT2D eigenvalue weighted by Gasteiger charge is 2.23. The molecule has 0 bridgehead atoms. The summed E-state index contributed by atoms with van der Waals surface area (Å²) in [5.74, 6) is 5.65. The number of rotatable bonds is 1. The van der Waals surface area contributed by atoms with Crippen LogP contribution in [0.5, 0.6) is 0 Å². The molecule has 88 valence electrons. The Morgan fingerprint density at radius 2 is 2.18 bits per heavy atom. The van der Waals surface area contributed by atoms with Gasteiger partial charge in [-0.05, 0) is 25.6 Å². The van der Waals surface area contributed by atoms with Crippen LogP contribution in [-0.2, 0) is 4.74 Å². The fourth-order valence-corrected chi connectivity index (χ4v) is 1.90. The van der Waals surface area contributed by atoms with Gasteiger partial charge in [0.2, 0.25) is 4.88 Å². The van der Waals surface area contributed by atoms with Crippen molar-refractivity contribution in [1.29, 1.82) is 0 Å². The summed E-state index contributed by atoms with van der Waals surface area (Å²) in [6, 6.07) is 1.69. The van der Waals surface area contributed by atoms with Gasteiger partial charge in [0.05, 0.1) is 18.1 Å². The van der Waals surface area contributed by atoms with E-state index < -0.39 is 5.97 Å². The Balaban J connectivity index is 3.14. The van der Waals surface area contributed by atoms with E-state index in [1.165, 1.54) is 18.4 Å². The minimum absolute atomic E-state index is 0.0879. The van der Waals surface area contributed by atoms with Gasteiger partial charge in [-0.1, -0.05) is 11.8 Å². The highest BCUT2D eigenvalue weighted by Crippen LogP contribution is 2.30. The molecule has 0 saturated heterocycles. The van der Waals surface area contributed by atoms with Crippen molar-refractivity contribution in [3.8, 4) is 18.4 Å². The molecule has 1 aromatic rings. The smallest absolute Gasteiger partial charge is 0.366 e. The molecule has 4 heteroatoms. The van der Waals surface area contributed by atoms with Crippen molar-refractivity contribution in [3.63, 3.8) is 0 Å². The van der Waals surface area contributed by atoms with E-state index in [9.17, 15) is 4.79 Å². The predicted molar refractivity (Wildman–Crippen MR) is 70.0 cm³/mol. The van der Waals surface area contributed by atoms with Gasteiger partial charge in [-0.25, -0.2) is 4.79 Å². The highest BCUT2D eigenvalue weighted by molar-refractivity contribution is 7.15. The van der Waals surface area contributed by atoms with E-state index in [2.05, 4.69) is 21.4 Å². The molecule has 3 nitrogen and oxygen atoms in total. The van der Waals surface area contributed by atoms with Gasteiger partial charge >= 0.3 is 11.7 Å². The van der Waals surface area contributed by atoms with Crippen LogP contribution in [0.3, 0.4) is 0 Å². The van der Waals surface area contributed by atoms with Crippen LogP contribution in [0.4, 0.5) is 5.69 Å². The maximum absolute atomic E-state index is 11.4. The maximum Gasteiger partial charge on any atom is 0.366 e. The van der Waals surface area contributed by atoms with Crippen LogP contribution >= 0.6 is 11.3 Å². The third-order valence-corrected chi connectivity index (χ3v) is 2.80. The van der Waals surface area contributed by atoms with Gasteiger partial charge in [-0.15, -0.1) is 11.3 Å². The molecule has 17 heavy (non-hydrogen) atoms. The summed E-state index contributed by atoms with van der Waals surface area (Å²) in [5, 5.41) is 0. The van der Waals surface area contributed by atoms with E-state index in [0.717, 1.165) is 4.88 Å². The largest absolute Gasteiger partial charge is 0.465 e. The van der Waals surface area contributed by atoms with Gasteiger partial charge < -0.3 is 4.74 Å². The molecule has 0 aliphatic carbocycles. The monoisotopic (exact) mass is 248 g/mol. The van der Waals surface area contributed by atoms with Gasteiger partial charge in [0.1, 0.15) is 0 Å². The molecule has 0 aliphatic rings. The van der Waals surface area contributed by atoms with Crippen LogP contribution in [0.2, 0.25) is 0 Å². The van der Waals surface area contributed by atoms with Crippen molar-refractivity contribution in [2.24, 2.45) is 5.41 Å². The number of methoxy groups -OCH3 is 1. The molecule has 0 saturated carbocycles. The lowest BCUT2D eigenvalue weighted by molar-refractivity contribution is 0.0607. The molecular weight excluding hydrogens is 234 g/mol. The normalized spacial score (nSPS) is 10.1. The van der Waals surface area contributed by atoms with E-state index in [1.54, 1.807) is 6.07 Å². The fraction of sp³-hybridized carbons (Fsp3) is 0.385. The average molecular weight is 248 g/mol. The van der Waals surface area contributed by atoms with Crippen LogP contribution in [0.15, 0.2) is 6.07 Å². The van der Waals surface area contributed by atoms with Crippen LogP contribution in [0.1, 0.15) is 35.3 Å². The van der Waals surface area contributed by atoms with Gasteiger partial charge in [0.25, 0.3) is 6.57 Å². The summed E-state index contributed by atoms with van der Waals surface area (Å²) in [7, 11) is 1.32. The standard InChI is InChI=1S/C13H14NO2S/c1-13(2,3)7-6-9-8-10(14-4)11(17-9)12(15)16-5/h4,8H,1-3,5H3/q+1. The van der Waals surface area contributed by atoms with E-state index in [4.69, 9.17) is 6.57 Å². The summed E-state index contributed by atoms with van der Waals surface area (Å²) in [6.45, 7) is 11.3. The van der Waals surface area contributed by atoms with Gasteiger partial charge in [0, 0.05) is 5.41 Å². The SMILES string of the molecule is C#[N+]c1cc(C#CC(C)(C)C)sc1C(=O)OC. The summed E-state index contributed by atoms with van der Waals surface area (Å²) >= 11 is 1.24. The van der Waals surface area contributed by atoms with E-state index >= 15 is 0 Å². The zero-order chi connectivity index (χ0) is 13.1. The Hall–Kier alpha value is -1.78. The van der Waals surface area contributed by atoms with Crippen molar-refractivity contribution >= 4 is 23.0 Å². The van der Waals surface area contributed by atoms with Gasteiger partial charge in [0.15, 0.2) is 0 Å². The minimum atomic E-state index is -0.442. The quantitative estimate of drug-likeness (QED) is 0.562. The molecule has 1 rings (SSSR count). The summed E-state index contributed by atoms with van der Waals surface area (Å²) < 4.78 is 4.65. The van der Waals surface area contributed by atoms with Crippen LogP contribution in [0.25, 0.3) is 4.85 Å². The third-order valence-electron chi connectivity index (χ3n) is 1.78. The molecule has 1 heterocycles. The van der Waals surface area contributed by atoms with Crippen molar-refractivity contribution in [1.82, 2.24) is 0 Å². The molecule has 0 N–H and O–H groups in total. The number of hydrogen-bond donors (Lipinski definition) is 0. The Bertz CT molecular complexity index is 532. The first kappa shape index (κ1) is 13.3. The first-order valence-corrected chi connectivity index (χ1v) is 5.85. The summed E-state index contributed by atoms with van der Waals surface area (Å²) in [6.07, 6.45) is 0. The second-order valence-electron chi connectivity index (χ2n) is 4.45. The lowest BCUT2D eigenvalue weighted by atomic mass is 9.98. The number of carbonyl (C=O) groups is 1. The summed E-state index contributed by atoms with van der Waals surface area (Å²) in [5.41, 5.74) is 0.329. The fourth-order valence-electron chi connectivity index (χ4n) is 1.03. The molecule has 0 spiro atoms. The number of thiophene rings is 1. The van der Waals surface area contributed by atoms with Crippen molar-refractivity contribution in [2.75, 3.05) is 7.11 Å². The number of hydrogen-bond acceptors (Lipinski definition) is 3. The Kier molecular flexibility index (Phi) is 3.93. The zero-order valence-corrected chi connectivity index (χ0v) is 11.1. The van der Waals surface area contributed by atoms with Crippen molar-refractivity contribution in [3.05, 3.63) is 20.7 Å². The molecule has 0 amide bonds. The second-order valence-corrected chi connectivity index (χ2v) is 5.50. The van der Waals surface area contributed by atoms with Crippen LogP contribution < -0.4 is 0 Å². The Labute approximate surface area is 105 Å². The molecule has 0 aromatic carbocycles. The average Bonchev–Trinajstić information content (AvgIpc) is 2.67. The maximum atomic E-state index is 11.4. The molecule has 0 atom stereocenters. The van der Waals surface area contributed by atoms with Crippen molar-refractivity contribution < 1.29 is 9.53 Å². The Morgan fingerprint density at radius 1 is 1.53 bits per heavy atom. The topological polar surface area (TPSA) is 30.7 Å². The number of ether oxygens (including phenoxy) is 1. The molecule has 0 radical (unpaired) electrons. The highest BCUT2D eigenvalue weighted by atomic mass is 32.1. The Morgan fingerprint density at radius 3 is 2.65 bits per heavy atom. The second kappa shape index (κ2) is 5.03. The van der Waals surface area contributed by atoms with Gasteiger partial charge in [-0.3, -0.25) is 0 Å². The third kappa shape index (κ3) is 3.62. The lowest BCUT2D eigenvalue weighted by Gasteiger charge is -2.06. The molecule has 0 aliphatic heterocycles. The van der Waals surface area contributed by atoms with Crippen LogP contribution in [0, 0.1) is 23.8 Å². The van der Waals surface area contributed by atoms with Crippen molar-refractivity contribution in [2.45, 2.75) is 20.8 Å². The lowest BCUT2D eigenvalue weighted by Crippen LogP contribution is -1.99. The van der Waals surface area contributed by atoms with Gasteiger partial charge in [-0.2, -0.15) is 0 Å². The summed E-state index contributed by atoms with van der Waals surface area (Å²) in [4.78, 5) is 16.1. The number of nitrogens with zero attached hydrogens (tertiary/aromatic N) is 1. The first-order chi connectivity index (χ1) is 7.87. The minimum Gasteiger partial charge on any atom is -0.465 e. The predicted octanol–water partition coefficient (Wildman–Crippen LogP) is 3.53. The molecular formula is C13H14NO2S+. The number of carbonyl (C=O) groups excluding carboxylic acids is 1. The van der Waals surface area contributed by atoms with Crippen LogP contribution in [-0.4, -0.2) is 13.1 Å². The first-order valence-electron chi connectivity index (χ1n) is 5.03. The zero-order valence-electron chi connectivity index (χ0n) is 10.3. The van der Waals surface area contributed by atoms with E-state index in [1.807, 2.05) is 20.8 Å². The molecule has 0 fully saturated rings. The van der Waals surface area contributed by atoms with E-state index in [-0.39, 0.29) is 5.41 Å². The molecule has 0 unspecified atom stereocenters. The number of esters is 1.